The van der Waals surface area contributed by atoms with Gasteiger partial charge in [0.1, 0.15) is 5.82 Å². The molecular weight excluding hydrogens is 213 g/mol. The summed E-state index contributed by atoms with van der Waals surface area (Å²) in [5.41, 5.74) is 0.622. The monoisotopic (exact) mass is 227 g/mol. The number of thioether (sulfide) groups is 1. The van der Waals surface area contributed by atoms with Crippen molar-refractivity contribution in [2.45, 2.75) is 23.8 Å². The van der Waals surface area contributed by atoms with Crippen LogP contribution in [-0.2, 0) is 0 Å². The maximum absolute atomic E-state index is 13.4. The Balaban J connectivity index is 2.08. The summed E-state index contributed by atoms with van der Waals surface area (Å²) in [6, 6.07) is 5.40. The molecule has 0 saturated carbocycles. The zero-order valence-corrected chi connectivity index (χ0v) is 9.19. The Labute approximate surface area is 92.9 Å². The number of nitrogens with one attached hydrogen (secondary N) is 1. The third-order valence-electron chi connectivity index (χ3n) is 2.47. The molecule has 0 amide bonds. The number of hydrogen-bond acceptors (Lipinski definition) is 3. The van der Waals surface area contributed by atoms with Crippen LogP contribution in [0.15, 0.2) is 23.1 Å². The van der Waals surface area contributed by atoms with Crippen LogP contribution in [0, 0.1) is 5.82 Å². The van der Waals surface area contributed by atoms with Gasteiger partial charge in [0.15, 0.2) is 0 Å². The molecule has 1 aromatic rings. The number of aliphatic hydroxyl groups is 1. The van der Waals surface area contributed by atoms with Crippen molar-refractivity contribution in [1.82, 2.24) is 0 Å². The summed E-state index contributed by atoms with van der Waals surface area (Å²) in [5, 5.41) is 11.9. The highest BCUT2D eigenvalue weighted by Gasteiger charge is 2.20. The Morgan fingerprint density at radius 1 is 1.53 bits per heavy atom. The second kappa shape index (κ2) is 4.86. The molecule has 4 heteroatoms. The van der Waals surface area contributed by atoms with E-state index in [4.69, 9.17) is 5.11 Å². The van der Waals surface area contributed by atoms with Crippen LogP contribution >= 0.6 is 11.8 Å². The standard InChI is InChI=1S/C11H14FNOS/c12-9-4-1-5-10-11(9)13-8(7-15-10)3-2-6-14/h1,4-5,8,13-14H,2-3,6-7H2. The SMILES string of the molecule is OCCCC1CSc2cccc(F)c2N1. The number of anilines is 1. The summed E-state index contributed by atoms with van der Waals surface area (Å²) in [6.07, 6.45) is 1.65. The summed E-state index contributed by atoms with van der Waals surface area (Å²) >= 11 is 1.68. The maximum atomic E-state index is 13.4. The predicted octanol–water partition coefficient (Wildman–Crippen LogP) is 2.48. The molecule has 2 nitrogen and oxygen atoms in total. The molecule has 1 heterocycles. The number of aliphatic hydroxyl groups excluding tert-OH is 1. The first-order chi connectivity index (χ1) is 7.31. The first-order valence-electron chi connectivity index (χ1n) is 5.10. The van der Waals surface area contributed by atoms with Crippen LogP contribution in [0.4, 0.5) is 10.1 Å². The Hall–Kier alpha value is -0.740. The van der Waals surface area contributed by atoms with E-state index in [0.717, 1.165) is 23.5 Å². The van der Waals surface area contributed by atoms with Gasteiger partial charge >= 0.3 is 0 Å². The molecule has 1 atom stereocenters. The fraction of sp³-hybridized carbons (Fsp3) is 0.455. The van der Waals surface area contributed by atoms with Gasteiger partial charge in [-0.05, 0) is 25.0 Å². The van der Waals surface area contributed by atoms with E-state index in [2.05, 4.69) is 5.32 Å². The van der Waals surface area contributed by atoms with Crippen molar-refractivity contribution in [2.24, 2.45) is 0 Å². The first kappa shape index (κ1) is 10.8. The van der Waals surface area contributed by atoms with E-state index in [9.17, 15) is 4.39 Å². The molecule has 15 heavy (non-hydrogen) atoms. The third-order valence-corrected chi connectivity index (χ3v) is 3.69. The number of fused-ring (bicyclic) bond motifs is 1. The maximum Gasteiger partial charge on any atom is 0.147 e. The lowest BCUT2D eigenvalue weighted by atomic mass is 10.1. The van der Waals surface area contributed by atoms with Crippen LogP contribution in [0.3, 0.4) is 0 Å². The van der Waals surface area contributed by atoms with Gasteiger partial charge in [-0.15, -0.1) is 11.8 Å². The minimum atomic E-state index is -0.186. The molecular formula is C11H14FNOS. The fourth-order valence-corrected chi connectivity index (χ4v) is 2.80. The van der Waals surface area contributed by atoms with Crippen LogP contribution in [0.25, 0.3) is 0 Å². The zero-order valence-electron chi connectivity index (χ0n) is 8.37. The topological polar surface area (TPSA) is 32.3 Å². The van der Waals surface area contributed by atoms with Gasteiger partial charge in [-0.3, -0.25) is 0 Å². The fourth-order valence-electron chi connectivity index (χ4n) is 1.69. The molecule has 82 valence electrons. The normalized spacial score (nSPS) is 19.5. The molecule has 0 bridgehead atoms. The number of halogens is 1. The minimum Gasteiger partial charge on any atom is -0.396 e. The minimum absolute atomic E-state index is 0.186. The molecule has 0 spiro atoms. The van der Waals surface area contributed by atoms with Crippen LogP contribution in [0.2, 0.25) is 0 Å². The van der Waals surface area contributed by atoms with Crippen LogP contribution in [-0.4, -0.2) is 23.5 Å². The summed E-state index contributed by atoms with van der Waals surface area (Å²) in [4.78, 5) is 0.982. The van der Waals surface area contributed by atoms with Crippen LogP contribution in [0.5, 0.6) is 0 Å². The zero-order chi connectivity index (χ0) is 10.7. The van der Waals surface area contributed by atoms with E-state index in [1.54, 1.807) is 17.8 Å². The lowest BCUT2D eigenvalue weighted by molar-refractivity contribution is 0.282. The van der Waals surface area contributed by atoms with Gasteiger partial charge in [-0.1, -0.05) is 6.07 Å². The number of rotatable bonds is 3. The third kappa shape index (κ3) is 2.44. The van der Waals surface area contributed by atoms with Crippen molar-refractivity contribution >= 4 is 17.4 Å². The molecule has 1 aromatic carbocycles. The summed E-state index contributed by atoms with van der Waals surface area (Å²) in [6.45, 7) is 0.201. The average molecular weight is 227 g/mol. The molecule has 2 N–H and O–H groups in total. The molecule has 0 saturated heterocycles. The summed E-state index contributed by atoms with van der Waals surface area (Å²) in [7, 11) is 0. The molecule has 1 aliphatic heterocycles. The van der Waals surface area contributed by atoms with Gasteiger partial charge in [0.25, 0.3) is 0 Å². The lowest BCUT2D eigenvalue weighted by Gasteiger charge is -2.26. The van der Waals surface area contributed by atoms with E-state index in [-0.39, 0.29) is 18.5 Å². The van der Waals surface area contributed by atoms with Gasteiger partial charge in [-0.25, -0.2) is 4.39 Å². The highest BCUT2D eigenvalue weighted by Crippen LogP contribution is 2.35. The number of benzene rings is 1. The Kier molecular flexibility index (Phi) is 3.49. The molecule has 1 aliphatic rings. The number of para-hydroxylation sites is 1. The van der Waals surface area contributed by atoms with Crippen molar-refractivity contribution in [3.8, 4) is 0 Å². The van der Waals surface area contributed by atoms with Gasteiger partial charge in [0.2, 0.25) is 0 Å². The van der Waals surface area contributed by atoms with Gasteiger partial charge in [-0.2, -0.15) is 0 Å². The second-order valence-corrected chi connectivity index (χ2v) is 4.69. The highest BCUT2D eigenvalue weighted by molar-refractivity contribution is 7.99. The van der Waals surface area contributed by atoms with Crippen molar-refractivity contribution < 1.29 is 9.50 Å². The van der Waals surface area contributed by atoms with E-state index < -0.39 is 0 Å². The van der Waals surface area contributed by atoms with Gasteiger partial charge in [0.05, 0.1) is 5.69 Å². The molecule has 0 aliphatic carbocycles. The highest BCUT2D eigenvalue weighted by atomic mass is 32.2. The molecule has 1 unspecified atom stereocenters. The smallest absolute Gasteiger partial charge is 0.147 e. The molecule has 2 rings (SSSR count). The summed E-state index contributed by atoms with van der Waals surface area (Å²) in [5.74, 6) is 0.755. The Morgan fingerprint density at radius 2 is 2.40 bits per heavy atom. The van der Waals surface area contributed by atoms with Crippen molar-refractivity contribution in [3.05, 3.63) is 24.0 Å². The van der Waals surface area contributed by atoms with Gasteiger partial charge < -0.3 is 10.4 Å². The van der Waals surface area contributed by atoms with Crippen LogP contribution in [0.1, 0.15) is 12.8 Å². The van der Waals surface area contributed by atoms with E-state index >= 15 is 0 Å². The van der Waals surface area contributed by atoms with E-state index in [1.165, 1.54) is 6.07 Å². The molecule has 0 aromatic heterocycles. The van der Waals surface area contributed by atoms with E-state index in [0.29, 0.717) is 5.69 Å². The van der Waals surface area contributed by atoms with Crippen molar-refractivity contribution in [1.29, 1.82) is 0 Å². The Morgan fingerprint density at radius 3 is 3.20 bits per heavy atom. The van der Waals surface area contributed by atoms with Gasteiger partial charge in [0, 0.05) is 23.3 Å². The second-order valence-electron chi connectivity index (χ2n) is 3.63. The largest absolute Gasteiger partial charge is 0.396 e. The summed E-state index contributed by atoms with van der Waals surface area (Å²) < 4.78 is 13.4. The molecule has 0 fully saturated rings. The van der Waals surface area contributed by atoms with Crippen LogP contribution < -0.4 is 5.32 Å². The number of hydrogen-bond donors (Lipinski definition) is 2. The quantitative estimate of drug-likeness (QED) is 0.832. The molecule has 0 radical (unpaired) electrons. The first-order valence-corrected chi connectivity index (χ1v) is 6.08. The Bertz CT molecular complexity index is 345. The van der Waals surface area contributed by atoms with Crippen molar-refractivity contribution in [2.75, 3.05) is 17.7 Å². The van der Waals surface area contributed by atoms with Crippen molar-refractivity contribution in [3.63, 3.8) is 0 Å². The average Bonchev–Trinajstić information content (AvgIpc) is 2.27. The van der Waals surface area contributed by atoms with E-state index in [1.807, 2.05) is 6.07 Å². The lowest BCUT2D eigenvalue weighted by Crippen LogP contribution is -2.26. The predicted molar refractivity (Wildman–Crippen MR) is 60.9 cm³/mol.